The molecule has 0 radical (unpaired) electrons. The van der Waals surface area contributed by atoms with Crippen LogP contribution in [0.2, 0.25) is 0 Å². The second-order valence-electron chi connectivity index (χ2n) is 4.16. The molecule has 0 aliphatic carbocycles. The van der Waals surface area contributed by atoms with E-state index < -0.39 is 0 Å². The van der Waals surface area contributed by atoms with Gasteiger partial charge in [-0.3, -0.25) is 15.0 Å². The third kappa shape index (κ3) is 5.89. The summed E-state index contributed by atoms with van der Waals surface area (Å²) in [5, 5.41) is 0. The Morgan fingerprint density at radius 3 is 2.00 bits per heavy atom. The van der Waals surface area contributed by atoms with Crippen LogP contribution in [0.5, 0.6) is 0 Å². The van der Waals surface area contributed by atoms with E-state index in [2.05, 4.69) is 28.0 Å². The van der Waals surface area contributed by atoms with E-state index >= 15 is 0 Å². The molecule has 0 atom stereocenters. The Balaban J connectivity index is 0.000000184. The summed E-state index contributed by atoms with van der Waals surface area (Å²) in [6.45, 7) is 7.90. The number of allylic oxidation sites excluding steroid dienone is 6. The lowest BCUT2D eigenvalue weighted by molar-refractivity contribution is 1.06. The molecule has 0 fully saturated rings. The van der Waals surface area contributed by atoms with Crippen LogP contribution in [-0.2, 0) is 0 Å². The van der Waals surface area contributed by atoms with Crippen LogP contribution in [0.15, 0.2) is 53.0 Å². The van der Waals surface area contributed by atoms with Crippen molar-refractivity contribution >= 4 is 6.21 Å². The molecule has 18 heavy (non-hydrogen) atoms. The topological polar surface area (TPSA) is 38.1 Å². The maximum atomic E-state index is 4.12. The van der Waals surface area contributed by atoms with E-state index in [9.17, 15) is 0 Å². The Kier molecular flexibility index (Phi) is 5.71. The van der Waals surface area contributed by atoms with Crippen molar-refractivity contribution in [2.75, 3.05) is 0 Å². The molecule has 0 saturated heterocycles. The highest BCUT2D eigenvalue weighted by molar-refractivity contribution is 5.73. The highest BCUT2D eigenvalue weighted by Gasteiger charge is 1.84. The first-order valence-corrected chi connectivity index (χ1v) is 5.89. The molecule has 1 aliphatic heterocycles. The van der Waals surface area contributed by atoms with Crippen LogP contribution in [0.3, 0.4) is 0 Å². The molecule has 0 spiro atoms. The van der Waals surface area contributed by atoms with Gasteiger partial charge in [0, 0.05) is 24.3 Å². The standard InChI is InChI=1S/C9H11N.C6H8N2/c1-8-4-3-7-10-9(2)6-5-8;1-5-3-8-6(2)4-7-5/h3-7H,1-2H3;3-4H,1-2H3/b4-3?,6-5?,7-3?,8-4?,8-5-,9-6-,10-7?,10-9?;. The van der Waals surface area contributed by atoms with E-state index in [1.54, 1.807) is 12.4 Å². The van der Waals surface area contributed by atoms with E-state index in [-0.39, 0.29) is 0 Å². The fourth-order valence-corrected chi connectivity index (χ4v) is 1.16. The monoisotopic (exact) mass is 241 g/mol. The average molecular weight is 241 g/mol. The summed E-state index contributed by atoms with van der Waals surface area (Å²) in [6.07, 6.45) is 13.4. The quantitative estimate of drug-likeness (QED) is 0.696. The van der Waals surface area contributed by atoms with Crippen molar-refractivity contribution in [3.63, 3.8) is 0 Å². The molecule has 2 rings (SSSR count). The number of hydrogen-bond acceptors (Lipinski definition) is 3. The van der Waals surface area contributed by atoms with Gasteiger partial charge < -0.3 is 0 Å². The molecule has 1 aliphatic rings. The number of aryl methyl sites for hydroxylation is 2. The lowest BCUT2D eigenvalue weighted by atomic mass is 10.2. The number of rotatable bonds is 0. The molecule has 94 valence electrons. The number of hydrogen-bond donors (Lipinski definition) is 0. The van der Waals surface area contributed by atoms with E-state index in [1.165, 1.54) is 5.57 Å². The van der Waals surface area contributed by atoms with Crippen LogP contribution in [0.4, 0.5) is 0 Å². The van der Waals surface area contributed by atoms with Gasteiger partial charge in [-0.1, -0.05) is 17.7 Å². The third-order valence-electron chi connectivity index (χ3n) is 2.22. The molecule has 0 N–H and O–H groups in total. The van der Waals surface area contributed by atoms with Crippen LogP contribution in [0.25, 0.3) is 0 Å². The molecule has 1 aromatic rings. The maximum Gasteiger partial charge on any atom is 0.0555 e. The van der Waals surface area contributed by atoms with E-state index in [0.717, 1.165) is 17.1 Å². The van der Waals surface area contributed by atoms with Gasteiger partial charge in [0.15, 0.2) is 0 Å². The summed E-state index contributed by atoms with van der Waals surface area (Å²) in [7, 11) is 0. The smallest absolute Gasteiger partial charge is 0.0555 e. The molecule has 0 aromatic carbocycles. The second kappa shape index (κ2) is 7.33. The minimum absolute atomic E-state index is 0.968. The Labute approximate surface area is 109 Å². The van der Waals surface area contributed by atoms with E-state index in [4.69, 9.17) is 0 Å². The molecule has 0 amide bonds. The normalized spacial score (nSPS) is 19.6. The second-order valence-corrected chi connectivity index (χ2v) is 4.16. The molecule has 0 unspecified atom stereocenters. The molecule has 0 saturated carbocycles. The van der Waals surface area contributed by atoms with Gasteiger partial charge in [-0.25, -0.2) is 0 Å². The van der Waals surface area contributed by atoms with Crippen molar-refractivity contribution in [2.24, 2.45) is 4.99 Å². The van der Waals surface area contributed by atoms with Crippen molar-refractivity contribution in [2.45, 2.75) is 27.7 Å². The van der Waals surface area contributed by atoms with Crippen molar-refractivity contribution in [3.05, 3.63) is 59.4 Å². The molecular weight excluding hydrogens is 222 g/mol. The summed E-state index contributed by atoms with van der Waals surface area (Å²) in [4.78, 5) is 12.2. The largest absolute Gasteiger partial charge is 0.262 e. The highest BCUT2D eigenvalue weighted by Crippen LogP contribution is 2.02. The van der Waals surface area contributed by atoms with Gasteiger partial charge in [0.05, 0.1) is 11.4 Å². The van der Waals surface area contributed by atoms with Gasteiger partial charge >= 0.3 is 0 Å². The average Bonchev–Trinajstić information content (AvgIpc) is 2.34. The first-order valence-electron chi connectivity index (χ1n) is 5.89. The molecule has 1 aromatic heterocycles. The van der Waals surface area contributed by atoms with Crippen LogP contribution in [0, 0.1) is 13.8 Å². The SMILES string of the molecule is C/C1=C/C=C(/C)N=CC=C1.Cc1cnc(C)cn1. The van der Waals surface area contributed by atoms with Gasteiger partial charge in [-0.2, -0.15) is 0 Å². The Morgan fingerprint density at radius 2 is 1.44 bits per heavy atom. The third-order valence-corrected chi connectivity index (χ3v) is 2.22. The van der Waals surface area contributed by atoms with Crippen LogP contribution in [-0.4, -0.2) is 16.2 Å². The summed E-state index contributed by atoms with van der Waals surface area (Å²) < 4.78 is 0. The Bertz CT molecular complexity index is 444. The summed E-state index contributed by atoms with van der Waals surface area (Å²) >= 11 is 0. The number of aromatic nitrogens is 2. The van der Waals surface area contributed by atoms with Crippen LogP contribution >= 0.6 is 0 Å². The highest BCUT2D eigenvalue weighted by atomic mass is 14.8. The van der Waals surface area contributed by atoms with Crippen molar-refractivity contribution < 1.29 is 0 Å². The Morgan fingerprint density at radius 1 is 0.833 bits per heavy atom. The lowest BCUT2D eigenvalue weighted by Crippen LogP contribution is -1.84. The molecule has 0 bridgehead atoms. The van der Waals surface area contributed by atoms with Crippen LogP contribution in [0.1, 0.15) is 25.2 Å². The minimum Gasteiger partial charge on any atom is -0.262 e. The van der Waals surface area contributed by atoms with E-state index in [1.807, 2.05) is 45.2 Å². The Hall–Kier alpha value is -2.03. The van der Waals surface area contributed by atoms with Gasteiger partial charge in [-0.15, -0.1) is 0 Å². The molecule has 3 heteroatoms. The van der Waals surface area contributed by atoms with Crippen molar-refractivity contribution in [1.29, 1.82) is 0 Å². The zero-order valence-electron chi connectivity index (χ0n) is 11.4. The molecule has 3 nitrogen and oxygen atoms in total. The summed E-state index contributed by atoms with van der Waals surface area (Å²) in [6, 6.07) is 0. The van der Waals surface area contributed by atoms with Gasteiger partial charge in [0.25, 0.3) is 0 Å². The minimum atomic E-state index is 0.968. The number of nitrogens with zero attached hydrogens (tertiary/aromatic N) is 3. The summed E-state index contributed by atoms with van der Waals surface area (Å²) in [5.41, 5.74) is 4.24. The van der Waals surface area contributed by atoms with Crippen LogP contribution < -0.4 is 0 Å². The fraction of sp³-hybridized carbons (Fsp3) is 0.267. The predicted octanol–water partition coefficient (Wildman–Crippen LogP) is 3.57. The number of aliphatic imine (C=N–C) groups is 1. The van der Waals surface area contributed by atoms with Gasteiger partial charge in [-0.05, 0) is 39.8 Å². The summed E-state index contributed by atoms with van der Waals surface area (Å²) in [5.74, 6) is 0. The first kappa shape index (κ1) is 14.0. The van der Waals surface area contributed by atoms with Gasteiger partial charge in [0.1, 0.15) is 0 Å². The van der Waals surface area contributed by atoms with Gasteiger partial charge in [0.2, 0.25) is 0 Å². The molecule has 2 heterocycles. The first-order chi connectivity index (χ1) is 8.58. The van der Waals surface area contributed by atoms with Crippen molar-refractivity contribution in [3.8, 4) is 0 Å². The zero-order chi connectivity index (χ0) is 13.4. The fourth-order valence-electron chi connectivity index (χ4n) is 1.16. The lowest BCUT2D eigenvalue weighted by Gasteiger charge is -1.93. The predicted molar refractivity (Wildman–Crippen MR) is 76.7 cm³/mol. The zero-order valence-corrected chi connectivity index (χ0v) is 11.4. The maximum absolute atomic E-state index is 4.12. The van der Waals surface area contributed by atoms with E-state index in [0.29, 0.717) is 0 Å². The molecular formula is C15H19N3. The van der Waals surface area contributed by atoms with Crippen molar-refractivity contribution in [1.82, 2.24) is 9.97 Å².